The highest BCUT2D eigenvalue weighted by molar-refractivity contribution is 6.34. The molecule has 0 N–H and O–H groups in total. The molecule has 146 valence electrons. The maximum absolute atomic E-state index is 12.5. The van der Waals surface area contributed by atoms with Crippen molar-refractivity contribution >= 4 is 35.3 Å². The molecule has 8 nitrogen and oxygen atoms in total. The number of carbonyl (C=O) groups is 5. The third-order valence-corrected chi connectivity index (χ3v) is 4.86. The maximum atomic E-state index is 12.5. The van der Waals surface area contributed by atoms with Gasteiger partial charge >= 0.3 is 5.97 Å². The Morgan fingerprint density at radius 2 is 1.52 bits per heavy atom. The third-order valence-electron chi connectivity index (χ3n) is 4.86. The van der Waals surface area contributed by atoms with Gasteiger partial charge in [0.25, 0.3) is 17.7 Å². The smallest absolute Gasteiger partial charge is 0.338 e. The quantitative estimate of drug-likeness (QED) is 0.581. The van der Waals surface area contributed by atoms with Gasteiger partial charge in [0.15, 0.2) is 6.61 Å². The SMILES string of the molecule is O=C(OCC(=O)N1CCCC1=O)c1ccc(N2C(=O)c3ccccc3C2=O)cc1. The topological polar surface area (TPSA) is 101 Å². The van der Waals surface area contributed by atoms with Crippen molar-refractivity contribution in [1.29, 1.82) is 0 Å². The molecule has 0 aliphatic carbocycles. The van der Waals surface area contributed by atoms with Crippen LogP contribution < -0.4 is 4.90 Å². The number of amides is 4. The van der Waals surface area contributed by atoms with Gasteiger partial charge in [-0.2, -0.15) is 0 Å². The summed E-state index contributed by atoms with van der Waals surface area (Å²) >= 11 is 0. The second-order valence-electron chi connectivity index (χ2n) is 6.66. The van der Waals surface area contributed by atoms with E-state index < -0.39 is 30.3 Å². The Kier molecular flexibility index (Phi) is 4.67. The predicted molar refractivity (Wildman–Crippen MR) is 100 cm³/mol. The minimum absolute atomic E-state index is 0.158. The van der Waals surface area contributed by atoms with E-state index in [-0.39, 0.29) is 11.5 Å². The van der Waals surface area contributed by atoms with Crippen molar-refractivity contribution in [3.63, 3.8) is 0 Å². The Balaban J connectivity index is 1.42. The molecule has 2 aliphatic rings. The van der Waals surface area contributed by atoms with Gasteiger partial charge in [-0.05, 0) is 42.8 Å². The predicted octanol–water partition coefficient (Wildman–Crippen LogP) is 1.79. The van der Waals surface area contributed by atoms with Crippen LogP contribution in [0.3, 0.4) is 0 Å². The van der Waals surface area contributed by atoms with Gasteiger partial charge in [-0.3, -0.25) is 24.1 Å². The summed E-state index contributed by atoms with van der Waals surface area (Å²) in [4.78, 5) is 62.8. The van der Waals surface area contributed by atoms with Crippen LogP contribution in [0.15, 0.2) is 48.5 Å². The summed E-state index contributed by atoms with van der Waals surface area (Å²) in [5.41, 5.74) is 1.14. The number of likely N-dealkylation sites (tertiary alicyclic amines) is 1. The average molecular weight is 392 g/mol. The van der Waals surface area contributed by atoms with E-state index in [1.54, 1.807) is 24.3 Å². The number of hydrogen-bond donors (Lipinski definition) is 0. The lowest BCUT2D eigenvalue weighted by atomic mass is 10.1. The zero-order valence-electron chi connectivity index (χ0n) is 15.3. The number of fused-ring (bicyclic) bond motifs is 1. The summed E-state index contributed by atoms with van der Waals surface area (Å²) in [5, 5.41) is 0. The number of benzene rings is 2. The number of imide groups is 2. The van der Waals surface area contributed by atoms with Crippen molar-refractivity contribution in [2.45, 2.75) is 12.8 Å². The number of carbonyl (C=O) groups excluding carboxylic acids is 5. The van der Waals surface area contributed by atoms with Gasteiger partial charge in [0, 0.05) is 13.0 Å². The molecule has 29 heavy (non-hydrogen) atoms. The lowest BCUT2D eigenvalue weighted by Crippen LogP contribution is -2.35. The number of anilines is 1. The van der Waals surface area contributed by atoms with Crippen LogP contribution in [-0.2, 0) is 14.3 Å². The second kappa shape index (κ2) is 7.31. The fourth-order valence-electron chi connectivity index (χ4n) is 3.37. The molecule has 2 aliphatic heterocycles. The molecule has 0 aromatic heterocycles. The number of esters is 1. The van der Waals surface area contributed by atoms with Crippen LogP contribution >= 0.6 is 0 Å². The first-order valence-electron chi connectivity index (χ1n) is 9.05. The van der Waals surface area contributed by atoms with Crippen molar-refractivity contribution in [1.82, 2.24) is 4.90 Å². The average Bonchev–Trinajstić information content (AvgIpc) is 3.28. The van der Waals surface area contributed by atoms with Crippen LogP contribution in [0.25, 0.3) is 0 Å². The number of hydrogen-bond acceptors (Lipinski definition) is 6. The molecule has 2 aromatic carbocycles. The number of nitrogens with zero attached hydrogens (tertiary/aromatic N) is 2. The molecule has 0 atom stereocenters. The first-order valence-corrected chi connectivity index (χ1v) is 9.05. The molecule has 2 aromatic rings. The van der Waals surface area contributed by atoms with Crippen LogP contribution in [0.4, 0.5) is 5.69 Å². The molecule has 4 amide bonds. The van der Waals surface area contributed by atoms with E-state index in [0.717, 1.165) is 9.80 Å². The maximum Gasteiger partial charge on any atom is 0.338 e. The van der Waals surface area contributed by atoms with E-state index in [2.05, 4.69) is 0 Å². The Hall–Kier alpha value is -3.81. The Morgan fingerprint density at radius 3 is 2.07 bits per heavy atom. The van der Waals surface area contributed by atoms with E-state index in [1.165, 1.54) is 24.3 Å². The minimum atomic E-state index is -0.737. The summed E-state index contributed by atoms with van der Waals surface area (Å²) in [7, 11) is 0. The van der Waals surface area contributed by atoms with Crippen molar-refractivity contribution in [3.05, 3.63) is 65.2 Å². The number of rotatable bonds is 4. The second-order valence-corrected chi connectivity index (χ2v) is 6.66. The molecule has 1 fully saturated rings. The Labute approximate surface area is 165 Å². The minimum Gasteiger partial charge on any atom is -0.452 e. The van der Waals surface area contributed by atoms with Crippen molar-refractivity contribution in [2.24, 2.45) is 0 Å². The zero-order valence-corrected chi connectivity index (χ0v) is 15.3. The summed E-state index contributed by atoms with van der Waals surface area (Å²) in [5.74, 6) is -2.41. The molecule has 1 saturated heterocycles. The van der Waals surface area contributed by atoms with Crippen molar-refractivity contribution in [2.75, 3.05) is 18.1 Å². The van der Waals surface area contributed by atoms with Gasteiger partial charge in [0.05, 0.1) is 22.4 Å². The first-order chi connectivity index (χ1) is 14.0. The molecule has 0 bridgehead atoms. The molecule has 0 radical (unpaired) electrons. The van der Waals surface area contributed by atoms with Gasteiger partial charge in [-0.1, -0.05) is 12.1 Å². The summed E-state index contributed by atoms with van der Waals surface area (Å²) < 4.78 is 4.98. The highest BCUT2D eigenvalue weighted by atomic mass is 16.5. The first kappa shape index (κ1) is 18.5. The largest absolute Gasteiger partial charge is 0.452 e. The fourth-order valence-corrected chi connectivity index (χ4v) is 3.37. The standard InChI is InChI=1S/C21H16N2O6/c24-17-6-3-11-22(17)18(25)12-29-21(28)13-7-9-14(10-8-13)23-19(26)15-4-1-2-5-16(15)20(23)27/h1-2,4-5,7-10H,3,6,11-12H2. The molecule has 2 heterocycles. The highest BCUT2D eigenvalue weighted by Crippen LogP contribution is 2.28. The van der Waals surface area contributed by atoms with Crippen LogP contribution in [0, 0.1) is 0 Å². The summed E-state index contributed by atoms with van der Waals surface area (Å²) in [6, 6.07) is 12.3. The number of ether oxygens (including phenoxy) is 1. The van der Waals surface area contributed by atoms with Crippen molar-refractivity contribution in [3.8, 4) is 0 Å². The molecular weight excluding hydrogens is 376 g/mol. The van der Waals surface area contributed by atoms with Crippen LogP contribution in [0.1, 0.15) is 43.9 Å². The monoisotopic (exact) mass is 392 g/mol. The van der Waals surface area contributed by atoms with E-state index >= 15 is 0 Å². The summed E-state index contributed by atoms with van der Waals surface area (Å²) in [6.45, 7) is -0.186. The lowest BCUT2D eigenvalue weighted by molar-refractivity contribution is -0.143. The molecule has 0 saturated carbocycles. The van der Waals surface area contributed by atoms with Gasteiger partial charge in [0.2, 0.25) is 5.91 Å². The third kappa shape index (κ3) is 3.29. The van der Waals surface area contributed by atoms with Crippen molar-refractivity contribution < 1.29 is 28.7 Å². The van der Waals surface area contributed by atoms with Crippen LogP contribution in [0.2, 0.25) is 0 Å². The van der Waals surface area contributed by atoms with Crippen LogP contribution in [-0.4, -0.2) is 47.6 Å². The van der Waals surface area contributed by atoms with E-state index in [9.17, 15) is 24.0 Å². The molecular formula is C21H16N2O6. The molecule has 4 rings (SSSR count). The van der Waals surface area contributed by atoms with E-state index in [4.69, 9.17) is 4.74 Å². The van der Waals surface area contributed by atoms with Gasteiger partial charge in [-0.15, -0.1) is 0 Å². The normalized spacial score (nSPS) is 15.7. The van der Waals surface area contributed by atoms with E-state index in [1.807, 2.05) is 0 Å². The fraction of sp³-hybridized carbons (Fsp3) is 0.190. The van der Waals surface area contributed by atoms with Gasteiger partial charge in [0.1, 0.15) is 0 Å². The zero-order chi connectivity index (χ0) is 20.5. The lowest BCUT2D eigenvalue weighted by Gasteiger charge is -2.15. The molecule has 0 unspecified atom stereocenters. The van der Waals surface area contributed by atoms with Crippen LogP contribution in [0.5, 0.6) is 0 Å². The molecule has 0 spiro atoms. The summed E-state index contributed by atoms with van der Waals surface area (Å²) in [6.07, 6.45) is 0.927. The molecule has 8 heteroatoms. The van der Waals surface area contributed by atoms with Gasteiger partial charge < -0.3 is 4.74 Å². The Morgan fingerprint density at radius 1 is 0.897 bits per heavy atom. The Bertz CT molecular complexity index is 1010. The highest BCUT2D eigenvalue weighted by Gasteiger charge is 2.36. The van der Waals surface area contributed by atoms with Gasteiger partial charge in [-0.25, -0.2) is 9.69 Å². The van der Waals surface area contributed by atoms with E-state index in [0.29, 0.717) is 36.2 Å².